The first-order valence-corrected chi connectivity index (χ1v) is 6.09. The normalized spacial score (nSPS) is 21.4. The number of nitrogens with one attached hydrogen (secondary N) is 1. The number of benzene rings is 1. The third-order valence-electron chi connectivity index (χ3n) is 3.41. The zero-order valence-corrected chi connectivity index (χ0v) is 10.1. The monoisotopic (exact) mass is 238 g/mol. The number of aromatic hydroxyl groups is 1. The van der Waals surface area contributed by atoms with Crippen LogP contribution in [0, 0.1) is 5.82 Å². The van der Waals surface area contributed by atoms with E-state index in [4.69, 9.17) is 5.11 Å². The average Bonchev–Trinajstić information content (AvgIpc) is 2.32. The maximum Gasteiger partial charge on any atom is 0.166 e. The number of piperidine rings is 1. The topological polar surface area (TPSA) is 35.5 Å². The van der Waals surface area contributed by atoms with Gasteiger partial charge in [-0.2, -0.15) is 0 Å². The van der Waals surface area contributed by atoms with Crippen LogP contribution in [0.5, 0.6) is 5.75 Å². The summed E-state index contributed by atoms with van der Waals surface area (Å²) in [6.45, 7) is 1.96. The number of rotatable bonds is 3. The van der Waals surface area contributed by atoms with Crippen LogP contribution >= 0.6 is 0 Å². The SMILES string of the molecule is CN1CCCCC1CNc1ccc(O)c(F)c1. The lowest BCUT2D eigenvalue weighted by Crippen LogP contribution is -2.40. The highest BCUT2D eigenvalue weighted by molar-refractivity contribution is 5.46. The van der Waals surface area contributed by atoms with Crippen LogP contribution in [-0.4, -0.2) is 36.2 Å². The Morgan fingerprint density at radius 3 is 3.00 bits per heavy atom. The van der Waals surface area contributed by atoms with Crippen LogP contribution in [0.4, 0.5) is 10.1 Å². The van der Waals surface area contributed by atoms with Crippen molar-refractivity contribution in [2.45, 2.75) is 25.3 Å². The van der Waals surface area contributed by atoms with Gasteiger partial charge in [0.15, 0.2) is 11.6 Å². The molecular formula is C13H19FN2O. The predicted molar refractivity (Wildman–Crippen MR) is 66.8 cm³/mol. The number of halogens is 1. The first kappa shape index (κ1) is 12.2. The molecule has 17 heavy (non-hydrogen) atoms. The third kappa shape index (κ3) is 3.09. The van der Waals surface area contributed by atoms with Gasteiger partial charge in [-0.05, 0) is 38.6 Å². The van der Waals surface area contributed by atoms with Crippen molar-refractivity contribution in [3.05, 3.63) is 24.0 Å². The van der Waals surface area contributed by atoms with E-state index in [1.807, 2.05) is 0 Å². The van der Waals surface area contributed by atoms with Gasteiger partial charge in [-0.3, -0.25) is 0 Å². The minimum atomic E-state index is -0.577. The first-order chi connectivity index (χ1) is 8.16. The van der Waals surface area contributed by atoms with Crippen molar-refractivity contribution in [2.24, 2.45) is 0 Å². The Balaban J connectivity index is 1.90. The second-order valence-electron chi connectivity index (χ2n) is 4.68. The summed E-state index contributed by atoms with van der Waals surface area (Å²) >= 11 is 0. The summed E-state index contributed by atoms with van der Waals surface area (Å²) in [6.07, 6.45) is 3.71. The smallest absolute Gasteiger partial charge is 0.166 e. The van der Waals surface area contributed by atoms with Crippen molar-refractivity contribution in [3.8, 4) is 5.75 Å². The molecule has 1 atom stereocenters. The fraction of sp³-hybridized carbons (Fsp3) is 0.538. The van der Waals surface area contributed by atoms with Crippen LogP contribution in [-0.2, 0) is 0 Å². The summed E-state index contributed by atoms with van der Waals surface area (Å²) in [4.78, 5) is 2.34. The van der Waals surface area contributed by atoms with E-state index in [9.17, 15) is 4.39 Å². The number of anilines is 1. The van der Waals surface area contributed by atoms with Gasteiger partial charge in [0, 0.05) is 24.3 Å². The quantitative estimate of drug-likeness (QED) is 0.794. The van der Waals surface area contributed by atoms with Crippen molar-refractivity contribution in [3.63, 3.8) is 0 Å². The van der Waals surface area contributed by atoms with Gasteiger partial charge in [0.1, 0.15) is 0 Å². The summed E-state index contributed by atoms with van der Waals surface area (Å²) < 4.78 is 13.1. The van der Waals surface area contributed by atoms with Gasteiger partial charge in [0.05, 0.1) is 0 Å². The number of likely N-dealkylation sites (N-methyl/N-ethyl adjacent to an activating group) is 1. The molecule has 0 aromatic heterocycles. The summed E-state index contributed by atoms with van der Waals surface area (Å²) in [5.74, 6) is -0.877. The lowest BCUT2D eigenvalue weighted by atomic mass is 10.0. The van der Waals surface area contributed by atoms with Gasteiger partial charge in [-0.25, -0.2) is 4.39 Å². The fourth-order valence-electron chi connectivity index (χ4n) is 2.25. The average molecular weight is 238 g/mol. The molecule has 0 spiro atoms. The number of hydrogen-bond acceptors (Lipinski definition) is 3. The Kier molecular flexibility index (Phi) is 3.84. The van der Waals surface area contributed by atoms with Crippen LogP contribution in [0.3, 0.4) is 0 Å². The molecule has 4 heteroatoms. The highest BCUT2D eigenvalue weighted by Gasteiger charge is 2.18. The van der Waals surface area contributed by atoms with E-state index >= 15 is 0 Å². The van der Waals surface area contributed by atoms with Crippen molar-refractivity contribution in [2.75, 3.05) is 25.5 Å². The van der Waals surface area contributed by atoms with E-state index in [-0.39, 0.29) is 5.75 Å². The zero-order chi connectivity index (χ0) is 12.3. The maximum atomic E-state index is 13.1. The molecule has 2 rings (SSSR count). The molecule has 0 radical (unpaired) electrons. The van der Waals surface area contributed by atoms with Crippen molar-refractivity contribution in [1.82, 2.24) is 4.90 Å². The number of phenols is 1. The second-order valence-corrected chi connectivity index (χ2v) is 4.68. The predicted octanol–water partition coefficient (Wildman–Crippen LogP) is 2.43. The molecule has 2 N–H and O–H groups in total. The standard InChI is InChI=1S/C13H19FN2O/c1-16-7-3-2-4-11(16)9-15-10-5-6-13(17)12(14)8-10/h5-6,8,11,15,17H,2-4,7,9H2,1H3. The highest BCUT2D eigenvalue weighted by Crippen LogP contribution is 2.20. The van der Waals surface area contributed by atoms with E-state index in [2.05, 4.69) is 17.3 Å². The Bertz CT molecular complexity index is 384. The van der Waals surface area contributed by atoms with Gasteiger partial charge >= 0.3 is 0 Å². The van der Waals surface area contributed by atoms with Gasteiger partial charge in [0.2, 0.25) is 0 Å². The molecule has 1 aromatic rings. The van der Waals surface area contributed by atoms with E-state index in [1.54, 1.807) is 6.07 Å². The summed E-state index contributed by atoms with van der Waals surface area (Å²) in [7, 11) is 2.13. The first-order valence-electron chi connectivity index (χ1n) is 6.09. The molecule has 1 heterocycles. The van der Waals surface area contributed by atoms with Gasteiger partial charge in [0.25, 0.3) is 0 Å². The van der Waals surface area contributed by atoms with Crippen molar-refractivity contribution >= 4 is 5.69 Å². The Labute approximate surface area is 101 Å². The van der Waals surface area contributed by atoms with E-state index in [0.29, 0.717) is 6.04 Å². The number of hydrogen-bond donors (Lipinski definition) is 2. The zero-order valence-electron chi connectivity index (χ0n) is 10.1. The van der Waals surface area contributed by atoms with E-state index in [1.165, 1.54) is 31.4 Å². The maximum absolute atomic E-state index is 13.1. The molecule has 1 aliphatic heterocycles. The summed E-state index contributed by atoms with van der Waals surface area (Å²) in [6, 6.07) is 4.92. The summed E-state index contributed by atoms with van der Waals surface area (Å²) in [5.41, 5.74) is 0.722. The fourth-order valence-corrected chi connectivity index (χ4v) is 2.25. The minimum Gasteiger partial charge on any atom is -0.505 e. The molecule has 0 saturated carbocycles. The van der Waals surface area contributed by atoms with Crippen LogP contribution in [0.15, 0.2) is 18.2 Å². The second kappa shape index (κ2) is 5.36. The number of nitrogens with zero attached hydrogens (tertiary/aromatic N) is 1. The third-order valence-corrected chi connectivity index (χ3v) is 3.41. The number of phenolic OH excluding ortho intramolecular Hbond substituents is 1. The molecule has 1 fully saturated rings. The molecular weight excluding hydrogens is 219 g/mol. The number of likely N-dealkylation sites (tertiary alicyclic amines) is 1. The van der Waals surface area contributed by atoms with Gasteiger partial charge in [-0.15, -0.1) is 0 Å². The largest absolute Gasteiger partial charge is 0.505 e. The lowest BCUT2D eigenvalue weighted by molar-refractivity contribution is 0.194. The Hall–Kier alpha value is -1.29. The molecule has 1 unspecified atom stereocenters. The molecule has 94 valence electrons. The lowest BCUT2D eigenvalue weighted by Gasteiger charge is -2.32. The molecule has 0 aliphatic carbocycles. The van der Waals surface area contributed by atoms with Crippen LogP contribution in [0.2, 0.25) is 0 Å². The van der Waals surface area contributed by atoms with E-state index in [0.717, 1.165) is 18.8 Å². The molecule has 1 aromatic carbocycles. The summed E-state index contributed by atoms with van der Waals surface area (Å²) in [5, 5.41) is 12.3. The minimum absolute atomic E-state index is 0.301. The van der Waals surface area contributed by atoms with Crippen LogP contribution < -0.4 is 5.32 Å². The van der Waals surface area contributed by atoms with Crippen LogP contribution in [0.1, 0.15) is 19.3 Å². The van der Waals surface area contributed by atoms with Crippen molar-refractivity contribution in [1.29, 1.82) is 0 Å². The van der Waals surface area contributed by atoms with E-state index < -0.39 is 5.82 Å². The van der Waals surface area contributed by atoms with Crippen molar-refractivity contribution < 1.29 is 9.50 Å². The molecule has 0 bridgehead atoms. The van der Waals surface area contributed by atoms with Crippen LogP contribution in [0.25, 0.3) is 0 Å². The molecule has 0 amide bonds. The molecule has 1 aliphatic rings. The van der Waals surface area contributed by atoms with Gasteiger partial charge < -0.3 is 15.3 Å². The highest BCUT2D eigenvalue weighted by atomic mass is 19.1. The Morgan fingerprint density at radius 1 is 1.47 bits per heavy atom. The molecule has 1 saturated heterocycles. The van der Waals surface area contributed by atoms with Gasteiger partial charge in [-0.1, -0.05) is 6.42 Å². The molecule has 3 nitrogen and oxygen atoms in total. The Morgan fingerprint density at radius 2 is 2.29 bits per heavy atom.